The Morgan fingerprint density at radius 3 is 2.83 bits per heavy atom. The van der Waals surface area contributed by atoms with E-state index in [9.17, 15) is 5.11 Å². The zero-order valence-electron chi connectivity index (χ0n) is 13.2. The Morgan fingerprint density at radius 2 is 2.08 bits per heavy atom. The van der Waals surface area contributed by atoms with Gasteiger partial charge in [0.2, 0.25) is 5.72 Å². The Bertz CT molecular complexity index is 722. The molecule has 8 heteroatoms. The van der Waals surface area contributed by atoms with Crippen molar-refractivity contribution in [1.29, 1.82) is 0 Å². The Labute approximate surface area is 151 Å². The van der Waals surface area contributed by atoms with Gasteiger partial charge in [0.1, 0.15) is 12.7 Å². The minimum atomic E-state index is -1.11. The first-order valence-electron chi connectivity index (χ1n) is 7.66. The monoisotopic (exact) mass is 390 g/mol. The Kier molecular flexibility index (Phi) is 6.14. The average molecular weight is 391 g/mol. The number of benzene rings is 1. The lowest BCUT2D eigenvalue weighted by Crippen LogP contribution is -3.00. The molecule has 1 aliphatic heterocycles. The molecule has 0 spiro atoms. The lowest BCUT2D eigenvalue weighted by Gasteiger charge is -2.28. The van der Waals surface area contributed by atoms with Crippen molar-refractivity contribution in [3.63, 3.8) is 0 Å². The van der Waals surface area contributed by atoms with Gasteiger partial charge in [-0.05, 0) is 18.4 Å². The Balaban J connectivity index is 0.00000208. The van der Waals surface area contributed by atoms with Crippen LogP contribution in [0.5, 0.6) is 0 Å². The first-order valence-corrected chi connectivity index (χ1v) is 7.66. The van der Waals surface area contributed by atoms with Crippen molar-refractivity contribution in [3.05, 3.63) is 64.8 Å². The zero-order chi connectivity index (χ0) is 16.1. The number of halogens is 1. The highest BCUT2D eigenvalue weighted by Crippen LogP contribution is 2.33. The van der Waals surface area contributed by atoms with Crippen LogP contribution in [-0.4, -0.2) is 23.2 Å². The van der Waals surface area contributed by atoms with Crippen LogP contribution in [-0.2, 0) is 12.3 Å². The van der Waals surface area contributed by atoms with Crippen LogP contribution in [0.1, 0.15) is 18.4 Å². The summed E-state index contributed by atoms with van der Waals surface area (Å²) < 4.78 is 1.96. The predicted molar refractivity (Wildman–Crippen MR) is 85.4 cm³/mol. The molecule has 0 bridgehead atoms. The van der Waals surface area contributed by atoms with Crippen molar-refractivity contribution in [2.45, 2.75) is 25.1 Å². The number of unbranched alkanes of at least 4 members (excludes halogenated alkanes) is 1. The number of hydrogen-bond acceptors (Lipinski definition) is 4. The van der Waals surface area contributed by atoms with Gasteiger partial charge in [-0.25, -0.2) is 9.47 Å². The van der Waals surface area contributed by atoms with Crippen molar-refractivity contribution >= 4 is 5.95 Å². The molecule has 126 valence electrons. The van der Waals surface area contributed by atoms with E-state index in [4.69, 9.17) is 5.53 Å². The van der Waals surface area contributed by atoms with E-state index < -0.39 is 5.72 Å². The normalized spacial score (nSPS) is 18.5. The SMILES string of the molecule is [Br-].[N-]=[N+]=NCCCCN1c2nccc[n+]2CC1(O)c1ccccc1. The summed E-state index contributed by atoms with van der Waals surface area (Å²) in [6.07, 6.45) is 5.24. The molecular formula is C16H19BrN6O. The van der Waals surface area contributed by atoms with Crippen LogP contribution < -0.4 is 26.4 Å². The summed E-state index contributed by atoms with van der Waals surface area (Å²) in [6, 6.07) is 11.5. The summed E-state index contributed by atoms with van der Waals surface area (Å²) in [5.41, 5.74) is 8.07. The minimum Gasteiger partial charge on any atom is -1.00 e. The zero-order valence-corrected chi connectivity index (χ0v) is 14.7. The summed E-state index contributed by atoms with van der Waals surface area (Å²) in [4.78, 5) is 9.12. The molecule has 1 N–H and O–H groups in total. The van der Waals surface area contributed by atoms with Gasteiger partial charge in [-0.3, -0.25) is 0 Å². The molecule has 3 rings (SSSR count). The van der Waals surface area contributed by atoms with E-state index >= 15 is 0 Å². The maximum atomic E-state index is 11.3. The molecule has 0 saturated heterocycles. The van der Waals surface area contributed by atoms with Gasteiger partial charge in [0.05, 0.1) is 12.7 Å². The van der Waals surface area contributed by atoms with Crippen LogP contribution in [0.25, 0.3) is 10.4 Å². The summed E-state index contributed by atoms with van der Waals surface area (Å²) >= 11 is 0. The first kappa shape index (κ1) is 18.2. The maximum Gasteiger partial charge on any atom is 0.396 e. The van der Waals surface area contributed by atoms with Gasteiger partial charge in [-0.2, -0.15) is 0 Å². The maximum absolute atomic E-state index is 11.3. The number of anilines is 1. The highest BCUT2D eigenvalue weighted by atomic mass is 79.9. The number of hydrogen-bond donors (Lipinski definition) is 1. The number of aromatic nitrogens is 2. The van der Waals surface area contributed by atoms with Gasteiger partial charge in [-0.15, -0.1) is 0 Å². The third kappa shape index (κ3) is 3.51. The lowest BCUT2D eigenvalue weighted by atomic mass is 10.0. The minimum absolute atomic E-state index is 0. The molecule has 1 aliphatic rings. The number of rotatable bonds is 6. The third-order valence-corrected chi connectivity index (χ3v) is 4.07. The second kappa shape index (κ2) is 8.10. The molecule has 7 nitrogen and oxygen atoms in total. The predicted octanol–water partition coefficient (Wildman–Crippen LogP) is -0.871. The fourth-order valence-corrected chi connectivity index (χ4v) is 2.96. The number of nitrogens with zero attached hydrogens (tertiary/aromatic N) is 6. The van der Waals surface area contributed by atoms with E-state index in [1.165, 1.54) is 0 Å². The van der Waals surface area contributed by atoms with Gasteiger partial charge < -0.3 is 22.1 Å². The van der Waals surface area contributed by atoms with Crippen molar-refractivity contribution in [2.24, 2.45) is 5.11 Å². The van der Waals surface area contributed by atoms with Crippen molar-refractivity contribution in [3.8, 4) is 0 Å². The topological polar surface area (TPSA) is 89.0 Å². The molecular weight excluding hydrogens is 372 g/mol. The van der Waals surface area contributed by atoms with E-state index in [0.29, 0.717) is 19.6 Å². The second-order valence-corrected chi connectivity index (χ2v) is 5.54. The van der Waals surface area contributed by atoms with E-state index in [0.717, 1.165) is 24.4 Å². The number of aliphatic hydroxyl groups is 1. The van der Waals surface area contributed by atoms with Crippen LogP contribution in [0.3, 0.4) is 0 Å². The van der Waals surface area contributed by atoms with Crippen LogP contribution in [0.4, 0.5) is 5.95 Å². The molecule has 2 heterocycles. The van der Waals surface area contributed by atoms with Crippen LogP contribution in [0.2, 0.25) is 0 Å². The summed E-state index contributed by atoms with van der Waals surface area (Å²) in [5.74, 6) is 0.752. The Hall–Kier alpha value is -2.15. The summed E-state index contributed by atoms with van der Waals surface area (Å²) in [5, 5.41) is 14.9. The average Bonchev–Trinajstić information content (AvgIpc) is 2.89. The molecule has 1 atom stereocenters. The molecule has 24 heavy (non-hydrogen) atoms. The fourth-order valence-electron chi connectivity index (χ4n) is 2.96. The van der Waals surface area contributed by atoms with E-state index in [1.54, 1.807) is 6.20 Å². The van der Waals surface area contributed by atoms with Gasteiger partial charge in [0, 0.05) is 23.1 Å². The molecule has 0 fully saturated rings. The highest BCUT2D eigenvalue weighted by molar-refractivity contribution is 5.37. The number of azide groups is 1. The molecule has 1 aromatic carbocycles. The lowest BCUT2D eigenvalue weighted by molar-refractivity contribution is -0.685. The highest BCUT2D eigenvalue weighted by Gasteiger charge is 2.50. The van der Waals surface area contributed by atoms with E-state index in [-0.39, 0.29) is 17.0 Å². The molecule has 0 radical (unpaired) electrons. The van der Waals surface area contributed by atoms with Gasteiger partial charge >= 0.3 is 5.95 Å². The van der Waals surface area contributed by atoms with E-state index in [1.807, 2.05) is 52.1 Å². The first-order chi connectivity index (χ1) is 11.3. The van der Waals surface area contributed by atoms with Gasteiger partial charge in [-0.1, -0.05) is 40.4 Å². The van der Waals surface area contributed by atoms with E-state index in [2.05, 4.69) is 15.0 Å². The quantitative estimate of drug-likeness (QED) is 0.228. The van der Waals surface area contributed by atoms with Crippen molar-refractivity contribution in [1.82, 2.24) is 4.98 Å². The van der Waals surface area contributed by atoms with Gasteiger partial charge in [0.15, 0.2) is 0 Å². The standard InChI is InChI=1S/C16H19N6O.BrH/c17-20-19-10-4-5-12-22-15-18-9-6-11-21(15)13-16(22,23)14-7-2-1-3-8-14;/h1-3,6-9,11,23H,4-5,10,12-13H2;1H/q+1;/p-1. The number of fused-ring (bicyclic) bond motifs is 1. The van der Waals surface area contributed by atoms with Crippen molar-refractivity contribution < 1.29 is 26.7 Å². The van der Waals surface area contributed by atoms with Crippen LogP contribution in [0, 0.1) is 0 Å². The van der Waals surface area contributed by atoms with Crippen LogP contribution >= 0.6 is 0 Å². The molecule has 0 aliphatic carbocycles. The second-order valence-electron chi connectivity index (χ2n) is 5.54. The molecule has 2 aromatic rings. The van der Waals surface area contributed by atoms with Crippen molar-refractivity contribution in [2.75, 3.05) is 18.0 Å². The smallest absolute Gasteiger partial charge is 0.396 e. The largest absolute Gasteiger partial charge is 1.00 e. The third-order valence-electron chi connectivity index (χ3n) is 4.07. The molecule has 0 amide bonds. The molecule has 0 saturated carbocycles. The summed E-state index contributed by atoms with van der Waals surface area (Å²) in [7, 11) is 0. The van der Waals surface area contributed by atoms with Crippen LogP contribution in [0.15, 0.2) is 53.9 Å². The van der Waals surface area contributed by atoms with Gasteiger partial charge in [0.25, 0.3) is 0 Å². The molecule has 1 unspecified atom stereocenters. The Morgan fingerprint density at radius 1 is 1.29 bits per heavy atom. The summed E-state index contributed by atoms with van der Waals surface area (Å²) in [6.45, 7) is 1.55. The fraction of sp³-hybridized carbons (Fsp3) is 0.375. The molecule has 1 aromatic heterocycles.